The molecule has 0 aromatic rings. The Balaban J connectivity index is 4.58. The predicted molar refractivity (Wildman–Crippen MR) is 76.2 cm³/mol. The van der Waals surface area contributed by atoms with Crippen molar-refractivity contribution in [2.45, 2.75) is 32.2 Å². The number of hydrogen-bond acceptors (Lipinski definition) is 4. The quantitative estimate of drug-likeness (QED) is 0.565. The molecular formula is C14H24N2O4. The number of aliphatic carboxylic acids is 1. The van der Waals surface area contributed by atoms with Gasteiger partial charge < -0.3 is 15.2 Å². The molecule has 0 atom stereocenters. The minimum Gasteiger partial charge on any atom is -0.480 e. The van der Waals surface area contributed by atoms with Crippen LogP contribution >= 0.6 is 0 Å². The number of terminal acetylenes is 1. The Morgan fingerprint density at radius 3 is 2.35 bits per heavy atom. The number of carboxylic acids is 1. The second kappa shape index (κ2) is 9.34. The van der Waals surface area contributed by atoms with Gasteiger partial charge in [0.1, 0.15) is 5.54 Å². The molecule has 6 nitrogen and oxygen atoms in total. The number of ether oxygens (including phenoxy) is 1. The van der Waals surface area contributed by atoms with Gasteiger partial charge in [0, 0.05) is 13.7 Å². The van der Waals surface area contributed by atoms with E-state index in [0.717, 1.165) is 0 Å². The highest BCUT2D eigenvalue weighted by molar-refractivity contribution is 5.80. The van der Waals surface area contributed by atoms with Gasteiger partial charge in [0.2, 0.25) is 5.91 Å². The first-order chi connectivity index (χ1) is 9.42. The van der Waals surface area contributed by atoms with Crippen LogP contribution in [0.25, 0.3) is 0 Å². The Labute approximate surface area is 120 Å². The van der Waals surface area contributed by atoms with Crippen LogP contribution in [0.2, 0.25) is 0 Å². The van der Waals surface area contributed by atoms with Gasteiger partial charge in [-0.1, -0.05) is 19.8 Å². The summed E-state index contributed by atoms with van der Waals surface area (Å²) in [6.07, 6.45) is 6.73. The van der Waals surface area contributed by atoms with Crippen molar-refractivity contribution in [2.75, 3.05) is 33.4 Å². The summed E-state index contributed by atoms with van der Waals surface area (Å²) in [5, 5.41) is 11.6. The maximum Gasteiger partial charge on any atom is 0.317 e. The lowest BCUT2D eigenvalue weighted by molar-refractivity contribution is -0.139. The van der Waals surface area contributed by atoms with Gasteiger partial charge in [0.25, 0.3) is 0 Å². The van der Waals surface area contributed by atoms with Gasteiger partial charge in [-0.05, 0) is 12.8 Å². The van der Waals surface area contributed by atoms with Gasteiger partial charge in [0.15, 0.2) is 0 Å². The first kappa shape index (κ1) is 18.4. The molecule has 0 aromatic carbocycles. The summed E-state index contributed by atoms with van der Waals surface area (Å²) in [6, 6.07) is 0. The number of hydrogen-bond donors (Lipinski definition) is 2. The van der Waals surface area contributed by atoms with E-state index in [9.17, 15) is 9.59 Å². The van der Waals surface area contributed by atoms with Crippen molar-refractivity contribution in [3.63, 3.8) is 0 Å². The lowest BCUT2D eigenvalue weighted by atomic mass is 9.94. The van der Waals surface area contributed by atoms with Gasteiger partial charge in [-0.15, -0.1) is 6.42 Å². The Kier molecular flexibility index (Phi) is 8.61. The SMILES string of the molecule is C#CC(CC)(CC)NC(=O)CN(CCOC)CC(=O)O. The standard InChI is InChI=1S/C14H24N2O4/c1-5-14(6-2,7-3)15-12(17)10-16(8-9-20-4)11-13(18)19/h1H,6-11H2,2-4H3,(H,15,17)(H,18,19). The normalized spacial score (nSPS) is 11.2. The lowest BCUT2D eigenvalue weighted by Crippen LogP contribution is -2.50. The molecule has 0 saturated heterocycles. The third-order valence-electron chi connectivity index (χ3n) is 3.20. The molecule has 0 spiro atoms. The first-order valence-electron chi connectivity index (χ1n) is 6.64. The average molecular weight is 284 g/mol. The number of amides is 1. The highest BCUT2D eigenvalue weighted by Gasteiger charge is 2.26. The molecule has 2 N–H and O–H groups in total. The number of nitrogens with zero attached hydrogens (tertiary/aromatic N) is 1. The fourth-order valence-corrected chi connectivity index (χ4v) is 1.80. The molecule has 0 heterocycles. The zero-order chi connectivity index (χ0) is 15.6. The van der Waals surface area contributed by atoms with Crippen LogP contribution in [-0.2, 0) is 14.3 Å². The highest BCUT2D eigenvalue weighted by atomic mass is 16.5. The van der Waals surface area contributed by atoms with Gasteiger partial charge in [-0.2, -0.15) is 0 Å². The van der Waals surface area contributed by atoms with Crippen LogP contribution < -0.4 is 5.32 Å². The fourth-order valence-electron chi connectivity index (χ4n) is 1.80. The topological polar surface area (TPSA) is 78.9 Å². The van der Waals surface area contributed by atoms with Crippen molar-refractivity contribution in [3.05, 3.63) is 0 Å². The summed E-state index contributed by atoms with van der Waals surface area (Å²) >= 11 is 0. The largest absolute Gasteiger partial charge is 0.480 e. The van der Waals surface area contributed by atoms with Gasteiger partial charge in [-0.25, -0.2) is 0 Å². The summed E-state index contributed by atoms with van der Waals surface area (Å²) in [6.45, 7) is 4.32. The highest BCUT2D eigenvalue weighted by Crippen LogP contribution is 2.13. The minimum atomic E-state index is -0.983. The molecule has 0 radical (unpaired) electrons. The van der Waals surface area contributed by atoms with E-state index in [2.05, 4.69) is 11.2 Å². The van der Waals surface area contributed by atoms with Gasteiger partial charge in [0.05, 0.1) is 19.7 Å². The van der Waals surface area contributed by atoms with Crippen molar-refractivity contribution < 1.29 is 19.4 Å². The molecule has 0 bridgehead atoms. The Morgan fingerprint density at radius 2 is 1.95 bits per heavy atom. The molecule has 6 heteroatoms. The number of carbonyl (C=O) groups is 2. The van der Waals surface area contributed by atoms with Crippen LogP contribution in [0.3, 0.4) is 0 Å². The molecule has 0 aliphatic carbocycles. The van der Waals surface area contributed by atoms with Crippen molar-refractivity contribution in [1.82, 2.24) is 10.2 Å². The molecule has 0 aliphatic rings. The molecule has 20 heavy (non-hydrogen) atoms. The minimum absolute atomic E-state index is 0.0148. The van der Waals surface area contributed by atoms with Crippen molar-refractivity contribution in [2.24, 2.45) is 0 Å². The van der Waals surface area contributed by atoms with Crippen molar-refractivity contribution >= 4 is 11.9 Å². The van der Waals surface area contributed by atoms with E-state index in [1.165, 1.54) is 12.0 Å². The Morgan fingerprint density at radius 1 is 1.35 bits per heavy atom. The van der Waals surface area contributed by atoms with Gasteiger partial charge in [-0.3, -0.25) is 14.5 Å². The van der Waals surface area contributed by atoms with E-state index in [-0.39, 0.29) is 19.0 Å². The number of nitrogens with one attached hydrogen (secondary N) is 1. The number of carboxylic acid groups (broad SMARTS) is 1. The maximum absolute atomic E-state index is 12.0. The van der Waals surface area contributed by atoms with Crippen LogP contribution in [-0.4, -0.2) is 60.8 Å². The summed E-state index contributed by atoms with van der Waals surface area (Å²) in [7, 11) is 1.52. The number of carbonyl (C=O) groups excluding carboxylic acids is 1. The van der Waals surface area contributed by atoms with E-state index in [4.69, 9.17) is 16.3 Å². The second-order valence-corrected chi connectivity index (χ2v) is 4.58. The molecule has 0 aromatic heterocycles. The molecule has 0 rings (SSSR count). The molecule has 1 amide bonds. The summed E-state index contributed by atoms with van der Waals surface area (Å²) in [5.41, 5.74) is -0.659. The van der Waals surface area contributed by atoms with Crippen LogP contribution in [0.1, 0.15) is 26.7 Å². The third kappa shape index (κ3) is 6.55. The van der Waals surface area contributed by atoms with Crippen LogP contribution in [0, 0.1) is 12.3 Å². The van der Waals surface area contributed by atoms with E-state index in [1.54, 1.807) is 0 Å². The maximum atomic E-state index is 12.0. The zero-order valence-corrected chi connectivity index (χ0v) is 12.4. The first-order valence-corrected chi connectivity index (χ1v) is 6.64. The lowest BCUT2D eigenvalue weighted by Gasteiger charge is -2.28. The Hall–Kier alpha value is -1.58. The zero-order valence-electron chi connectivity index (χ0n) is 12.4. The summed E-state index contributed by atoms with van der Waals surface area (Å²) in [4.78, 5) is 24.3. The smallest absolute Gasteiger partial charge is 0.317 e. The third-order valence-corrected chi connectivity index (χ3v) is 3.20. The van der Waals surface area contributed by atoms with E-state index in [1.807, 2.05) is 13.8 Å². The van der Waals surface area contributed by atoms with E-state index >= 15 is 0 Å². The molecule has 114 valence electrons. The monoisotopic (exact) mass is 284 g/mol. The van der Waals surface area contributed by atoms with Crippen LogP contribution in [0.4, 0.5) is 0 Å². The molecule has 0 unspecified atom stereocenters. The molecule has 0 aliphatic heterocycles. The number of rotatable bonds is 10. The summed E-state index contributed by atoms with van der Waals surface area (Å²) < 4.78 is 4.90. The predicted octanol–water partition coefficient (Wildman–Crippen LogP) is 0.328. The average Bonchev–Trinajstić information content (AvgIpc) is 2.41. The summed E-state index contributed by atoms with van der Waals surface area (Å²) in [5.74, 6) is 1.35. The van der Waals surface area contributed by atoms with Gasteiger partial charge >= 0.3 is 5.97 Å². The number of methoxy groups -OCH3 is 1. The molecular weight excluding hydrogens is 260 g/mol. The van der Waals surface area contributed by atoms with Crippen molar-refractivity contribution in [1.29, 1.82) is 0 Å². The van der Waals surface area contributed by atoms with Crippen LogP contribution in [0.5, 0.6) is 0 Å². The second-order valence-electron chi connectivity index (χ2n) is 4.58. The van der Waals surface area contributed by atoms with Crippen LogP contribution in [0.15, 0.2) is 0 Å². The molecule has 0 saturated carbocycles. The molecule has 0 fully saturated rings. The van der Waals surface area contributed by atoms with E-state index < -0.39 is 11.5 Å². The fraction of sp³-hybridized carbons (Fsp3) is 0.714. The van der Waals surface area contributed by atoms with Crippen molar-refractivity contribution in [3.8, 4) is 12.3 Å². The Bertz CT molecular complexity index is 359. The van der Waals surface area contributed by atoms with E-state index in [0.29, 0.717) is 26.0 Å².